The summed E-state index contributed by atoms with van der Waals surface area (Å²) in [6.07, 6.45) is 0.0818. The molecule has 3 aromatic carbocycles. The predicted octanol–water partition coefficient (Wildman–Crippen LogP) is 4.07. The summed E-state index contributed by atoms with van der Waals surface area (Å²) in [4.78, 5) is 24.6. The molecule has 0 spiro atoms. The van der Waals surface area contributed by atoms with Gasteiger partial charge in [0.25, 0.3) is 0 Å². The highest BCUT2D eigenvalue weighted by Gasteiger charge is 2.33. The van der Waals surface area contributed by atoms with Crippen LogP contribution in [0.25, 0.3) is 10.8 Å². The summed E-state index contributed by atoms with van der Waals surface area (Å²) in [5.41, 5.74) is 0.945. The summed E-state index contributed by atoms with van der Waals surface area (Å²) in [5.74, 6) is -0.150. The lowest BCUT2D eigenvalue weighted by atomic mass is 10.1. The molecule has 1 N–H and O–H groups in total. The standard InChI is InChI=1S/C22H19NO4/c24-21-12-18(22(25)26)14-23(21)13-15-5-8-19(9-6-15)27-20-10-7-16-3-1-2-4-17(16)11-20/h1-11,18H,12-14H2,(H,25,26). The zero-order chi connectivity index (χ0) is 18.8. The van der Waals surface area contributed by atoms with E-state index in [0.717, 1.165) is 22.1 Å². The van der Waals surface area contributed by atoms with Crippen LogP contribution in [0, 0.1) is 5.92 Å². The predicted molar refractivity (Wildman–Crippen MR) is 102 cm³/mol. The molecule has 136 valence electrons. The quantitative estimate of drug-likeness (QED) is 0.744. The number of aliphatic carboxylic acids is 1. The fraction of sp³-hybridized carbons (Fsp3) is 0.182. The molecule has 1 atom stereocenters. The first-order valence-corrected chi connectivity index (χ1v) is 8.85. The van der Waals surface area contributed by atoms with Gasteiger partial charge in [0.15, 0.2) is 0 Å². The van der Waals surface area contributed by atoms with Crippen molar-refractivity contribution in [2.75, 3.05) is 6.54 Å². The molecule has 0 saturated carbocycles. The number of carboxylic acids is 1. The van der Waals surface area contributed by atoms with E-state index in [1.807, 2.05) is 60.7 Å². The van der Waals surface area contributed by atoms with Crippen LogP contribution in [0.1, 0.15) is 12.0 Å². The molecule has 1 fully saturated rings. The summed E-state index contributed by atoms with van der Waals surface area (Å²) in [5, 5.41) is 11.3. The Labute approximate surface area is 156 Å². The van der Waals surface area contributed by atoms with Gasteiger partial charge < -0.3 is 14.7 Å². The van der Waals surface area contributed by atoms with Crippen LogP contribution >= 0.6 is 0 Å². The van der Waals surface area contributed by atoms with Gasteiger partial charge in [0.2, 0.25) is 5.91 Å². The van der Waals surface area contributed by atoms with E-state index in [9.17, 15) is 9.59 Å². The highest BCUT2D eigenvalue weighted by atomic mass is 16.5. The number of hydrogen-bond donors (Lipinski definition) is 1. The second-order valence-corrected chi connectivity index (χ2v) is 6.77. The van der Waals surface area contributed by atoms with Crippen molar-refractivity contribution in [3.63, 3.8) is 0 Å². The molecule has 0 aliphatic carbocycles. The van der Waals surface area contributed by atoms with E-state index in [2.05, 4.69) is 6.07 Å². The van der Waals surface area contributed by atoms with E-state index < -0.39 is 11.9 Å². The lowest BCUT2D eigenvalue weighted by Crippen LogP contribution is -2.25. The minimum atomic E-state index is -0.912. The van der Waals surface area contributed by atoms with Crippen LogP contribution in [0.5, 0.6) is 11.5 Å². The summed E-state index contributed by atoms with van der Waals surface area (Å²) in [6, 6.07) is 21.6. The SMILES string of the molecule is O=C(O)C1CC(=O)N(Cc2ccc(Oc3ccc4ccccc4c3)cc2)C1. The van der Waals surface area contributed by atoms with Gasteiger partial charge in [-0.05, 0) is 40.6 Å². The molecule has 1 heterocycles. The van der Waals surface area contributed by atoms with E-state index in [1.54, 1.807) is 4.90 Å². The number of hydrogen-bond acceptors (Lipinski definition) is 3. The van der Waals surface area contributed by atoms with Crippen LogP contribution < -0.4 is 4.74 Å². The Morgan fingerprint density at radius 1 is 1.00 bits per heavy atom. The van der Waals surface area contributed by atoms with Gasteiger partial charge in [-0.3, -0.25) is 9.59 Å². The van der Waals surface area contributed by atoms with Gasteiger partial charge in [-0.1, -0.05) is 42.5 Å². The van der Waals surface area contributed by atoms with Crippen LogP contribution in [0.3, 0.4) is 0 Å². The fourth-order valence-corrected chi connectivity index (χ4v) is 3.34. The molecule has 27 heavy (non-hydrogen) atoms. The number of carbonyl (C=O) groups is 2. The Morgan fingerprint density at radius 2 is 1.70 bits per heavy atom. The van der Waals surface area contributed by atoms with Gasteiger partial charge in [-0.15, -0.1) is 0 Å². The zero-order valence-corrected chi connectivity index (χ0v) is 14.7. The number of benzene rings is 3. The molecule has 5 heteroatoms. The van der Waals surface area contributed by atoms with Crippen LogP contribution in [-0.2, 0) is 16.1 Å². The largest absolute Gasteiger partial charge is 0.481 e. The van der Waals surface area contributed by atoms with E-state index in [1.165, 1.54) is 0 Å². The molecular weight excluding hydrogens is 342 g/mol. The van der Waals surface area contributed by atoms with E-state index >= 15 is 0 Å². The summed E-state index contributed by atoms with van der Waals surface area (Å²) in [7, 11) is 0. The number of rotatable bonds is 5. The number of carbonyl (C=O) groups excluding carboxylic acids is 1. The zero-order valence-electron chi connectivity index (χ0n) is 14.7. The molecule has 1 aliphatic rings. The van der Waals surface area contributed by atoms with Crippen LogP contribution in [0.4, 0.5) is 0 Å². The smallest absolute Gasteiger partial charge is 0.308 e. The number of nitrogens with zero attached hydrogens (tertiary/aromatic N) is 1. The van der Waals surface area contributed by atoms with Gasteiger partial charge in [0.05, 0.1) is 5.92 Å². The van der Waals surface area contributed by atoms with E-state index in [0.29, 0.717) is 12.3 Å². The van der Waals surface area contributed by atoms with Crippen molar-refractivity contribution < 1.29 is 19.4 Å². The Hall–Kier alpha value is -3.34. The molecule has 1 unspecified atom stereocenters. The van der Waals surface area contributed by atoms with Gasteiger partial charge in [0, 0.05) is 19.5 Å². The third-order valence-corrected chi connectivity index (χ3v) is 4.82. The number of fused-ring (bicyclic) bond motifs is 1. The average molecular weight is 361 g/mol. The summed E-state index contributed by atoms with van der Waals surface area (Å²) < 4.78 is 5.92. The lowest BCUT2D eigenvalue weighted by Gasteiger charge is -2.16. The van der Waals surface area contributed by atoms with Crippen molar-refractivity contribution in [2.45, 2.75) is 13.0 Å². The van der Waals surface area contributed by atoms with Crippen LogP contribution in [-0.4, -0.2) is 28.4 Å². The first-order valence-electron chi connectivity index (χ1n) is 8.85. The molecule has 1 saturated heterocycles. The third kappa shape index (κ3) is 3.77. The monoisotopic (exact) mass is 361 g/mol. The van der Waals surface area contributed by atoms with Crippen molar-refractivity contribution in [1.82, 2.24) is 4.90 Å². The third-order valence-electron chi connectivity index (χ3n) is 4.82. The minimum absolute atomic E-state index is 0.0818. The topological polar surface area (TPSA) is 66.8 Å². The van der Waals surface area contributed by atoms with Gasteiger partial charge >= 0.3 is 5.97 Å². The Morgan fingerprint density at radius 3 is 2.41 bits per heavy atom. The minimum Gasteiger partial charge on any atom is -0.481 e. The normalized spacial score (nSPS) is 16.7. The maximum Gasteiger partial charge on any atom is 0.308 e. The molecule has 5 nitrogen and oxygen atoms in total. The number of likely N-dealkylation sites (tertiary alicyclic amines) is 1. The van der Waals surface area contributed by atoms with E-state index in [-0.39, 0.29) is 18.9 Å². The molecule has 0 aromatic heterocycles. The van der Waals surface area contributed by atoms with Crippen molar-refractivity contribution in [3.8, 4) is 11.5 Å². The van der Waals surface area contributed by atoms with Crippen molar-refractivity contribution in [2.24, 2.45) is 5.92 Å². The molecule has 1 amide bonds. The summed E-state index contributed by atoms with van der Waals surface area (Å²) in [6.45, 7) is 0.683. The fourth-order valence-electron chi connectivity index (χ4n) is 3.34. The lowest BCUT2D eigenvalue weighted by molar-refractivity contribution is -0.141. The molecular formula is C22H19NO4. The highest BCUT2D eigenvalue weighted by molar-refractivity contribution is 5.86. The van der Waals surface area contributed by atoms with Gasteiger partial charge in [-0.25, -0.2) is 0 Å². The van der Waals surface area contributed by atoms with E-state index in [4.69, 9.17) is 9.84 Å². The molecule has 1 aliphatic heterocycles. The number of carboxylic acid groups (broad SMARTS) is 1. The molecule has 0 bridgehead atoms. The van der Waals surface area contributed by atoms with Crippen LogP contribution in [0.2, 0.25) is 0 Å². The molecule has 4 rings (SSSR count). The maximum atomic E-state index is 11.9. The Kier molecular flexibility index (Phi) is 4.50. The first kappa shape index (κ1) is 17.1. The average Bonchev–Trinajstić information content (AvgIpc) is 3.04. The maximum absolute atomic E-state index is 11.9. The Balaban J connectivity index is 1.42. The summed E-state index contributed by atoms with van der Waals surface area (Å²) >= 11 is 0. The second-order valence-electron chi connectivity index (χ2n) is 6.77. The second kappa shape index (κ2) is 7.11. The molecule has 0 radical (unpaired) electrons. The van der Waals surface area contributed by atoms with Gasteiger partial charge in [-0.2, -0.15) is 0 Å². The van der Waals surface area contributed by atoms with Gasteiger partial charge in [0.1, 0.15) is 11.5 Å². The number of amides is 1. The molecule has 3 aromatic rings. The van der Waals surface area contributed by atoms with Crippen LogP contribution in [0.15, 0.2) is 66.7 Å². The first-order chi connectivity index (χ1) is 13.1. The Bertz CT molecular complexity index is 997. The van der Waals surface area contributed by atoms with Crippen molar-refractivity contribution in [1.29, 1.82) is 0 Å². The van der Waals surface area contributed by atoms with Crippen molar-refractivity contribution in [3.05, 3.63) is 72.3 Å². The van der Waals surface area contributed by atoms with Crippen molar-refractivity contribution >= 4 is 22.6 Å². The number of ether oxygens (including phenoxy) is 1. The highest BCUT2D eigenvalue weighted by Crippen LogP contribution is 2.27.